The molecule has 17 heavy (non-hydrogen) atoms. The van der Waals surface area contributed by atoms with Crippen LogP contribution in [0.15, 0.2) is 40.3 Å². The van der Waals surface area contributed by atoms with Gasteiger partial charge in [0.15, 0.2) is 0 Å². The zero-order valence-corrected chi connectivity index (χ0v) is 9.62. The fourth-order valence-electron chi connectivity index (χ4n) is 1.75. The fourth-order valence-corrected chi connectivity index (χ4v) is 3.12. The van der Waals surface area contributed by atoms with Gasteiger partial charge in [0.1, 0.15) is 11.2 Å². The van der Waals surface area contributed by atoms with Crippen molar-refractivity contribution < 1.29 is 12.9 Å². The van der Waals surface area contributed by atoms with Gasteiger partial charge in [-0.2, -0.15) is 9.40 Å². The summed E-state index contributed by atoms with van der Waals surface area (Å²) in [5, 5.41) is 7.48. The monoisotopic (exact) mass is 254 g/mol. The molecular weight excluding hydrogens is 244 g/mol. The standard InChI is InChI=1S/C9H10N4O3S/c14-17(15,9-4-11-16-7-9)12-5-8(6-12)13-3-1-2-10-13/h1-4,7-8H,5-6H2. The van der Waals surface area contributed by atoms with Gasteiger partial charge in [0, 0.05) is 25.5 Å². The van der Waals surface area contributed by atoms with Crippen molar-refractivity contribution in [3.8, 4) is 0 Å². The third-order valence-electron chi connectivity index (χ3n) is 2.78. The lowest BCUT2D eigenvalue weighted by molar-refractivity contribution is 0.191. The smallest absolute Gasteiger partial charge is 0.248 e. The topological polar surface area (TPSA) is 81.2 Å². The van der Waals surface area contributed by atoms with Crippen LogP contribution >= 0.6 is 0 Å². The Morgan fingerprint density at radius 3 is 2.82 bits per heavy atom. The molecule has 1 fully saturated rings. The highest BCUT2D eigenvalue weighted by Crippen LogP contribution is 2.27. The Morgan fingerprint density at radius 1 is 1.41 bits per heavy atom. The molecule has 3 rings (SSSR count). The van der Waals surface area contributed by atoms with Gasteiger partial charge >= 0.3 is 0 Å². The van der Waals surface area contributed by atoms with Crippen LogP contribution in [-0.4, -0.2) is 40.7 Å². The normalized spacial score (nSPS) is 18.1. The molecule has 0 spiro atoms. The number of rotatable bonds is 3. The molecule has 0 amide bonds. The third kappa shape index (κ3) is 1.65. The molecule has 0 unspecified atom stereocenters. The fraction of sp³-hybridized carbons (Fsp3) is 0.333. The van der Waals surface area contributed by atoms with E-state index in [2.05, 4.69) is 14.8 Å². The number of hydrogen-bond acceptors (Lipinski definition) is 5. The van der Waals surface area contributed by atoms with Crippen molar-refractivity contribution >= 4 is 10.0 Å². The van der Waals surface area contributed by atoms with Gasteiger partial charge in [0.05, 0.1) is 12.2 Å². The van der Waals surface area contributed by atoms with Crippen LogP contribution in [0.2, 0.25) is 0 Å². The van der Waals surface area contributed by atoms with Crippen LogP contribution in [0.1, 0.15) is 6.04 Å². The molecule has 0 aliphatic carbocycles. The summed E-state index contributed by atoms with van der Waals surface area (Å²) in [4.78, 5) is 0.0939. The maximum Gasteiger partial charge on any atom is 0.248 e. The molecule has 2 aromatic rings. The van der Waals surface area contributed by atoms with Crippen molar-refractivity contribution in [1.29, 1.82) is 0 Å². The number of sulfonamides is 1. The van der Waals surface area contributed by atoms with Crippen LogP contribution < -0.4 is 0 Å². The molecule has 0 bridgehead atoms. The van der Waals surface area contributed by atoms with Crippen LogP contribution in [0, 0.1) is 0 Å². The molecule has 1 aliphatic heterocycles. The first-order valence-electron chi connectivity index (χ1n) is 5.06. The summed E-state index contributed by atoms with van der Waals surface area (Å²) >= 11 is 0. The van der Waals surface area contributed by atoms with Crippen molar-refractivity contribution in [2.45, 2.75) is 10.9 Å². The molecule has 7 nitrogen and oxygen atoms in total. The molecule has 0 radical (unpaired) electrons. The molecule has 0 atom stereocenters. The summed E-state index contributed by atoms with van der Waals surface area (Å²) in [6.45, 7) is 0.852. The molecule has 8 heteroatoms. The van der Waals surface area contributed by atoms with Gasteiger partial charge in [0.25, 0.3) is 0 Å². The predicted octanol–water partition coefficient (Wildman–Crippen LogP) is 0.117. The highest BCUT2D eigenvalue weighted by molar-refractivity contribution is 7.89. The van der Waals surface area contributed by atoms with E-state index in [1.54, 1.807) is 10.9 Å². The van der Waals surface area contributed by atoms with Crippen molar-refractivity contribution in [3.63, 3.8) is 0 Å². The quantitative estimate of drug-likeness (QED) is 0.777. The second kappa shape index (κ2) is 3.67. The van der Waals surface area contributed by atoms with Gasteiger partial charge in [-0.05, 0) is 6.07 Å². The molecule has 3 heterocycles. The van der Waals surface area contributed by atoms with Crippen molar-refractivity contribution in [3.05, 3.63) is 30.9 Å². The Labute approximate surface area is 97.7 Å². The predicted molar refractivity (Wildman–Crippen MR) is 56.5 cm³/mol. The zero-order chi connectivity index (χ0) is 11.9. The summed E-state index contributed by atoms with van der Waals surface area (Å²) in [7, 11) is -3.45. The zero-order valence-electron chi connectivity index (χ0n) is 8.80. The first-order valence-corrected chi connectivity index (χ1v) is 6.50. The van der Waals surface area contributed by atoms with Crippen LogP contribution in [0.3, 0.4) is 0 Å². The minimum absolute atomic E-state index is 0.0939. The minimum atomic E-state index is -3.45. The first kappa shape index (κ1) is 10.5. The largest absolute Gasteiger partial charge is 0.363 e. The molecule has 90 valence electrons. The second-order valence-electron chi connectivity index (χ2n) is 3.82. The summed E-state index contributed by atoms with van der Waals surface area (Å²) in [5.74, 6) is 0. The van der Waals surface area contributed by atoms with E-state index in [1.807, 2.05) is 12.3 Å². The number of nitrogens with zero attached hydrogens (tertiary/aromatic N) is 4. The van der Waals surface area contributed by atoms with E-state index in [9.17, 15) is 8.42 Å². The lowest BCUT2D eigenvalue weighted by Crippen LogP contribution is -2.50. The summed E-state index contributed by atoms with van der Waals surface area (Å²) in [6, 6.07) is 1.93. The minimum Gasteiger partial charge on any atom is -0.363 e. The van der Waals surface area contributed by atoms with Crippen molar-refractivity contribution in [2.24, 2.45) is 0 Å². The van der Waals surface area contributed by atoms with E-state index in [0.717, 1.165) is 6.26 Å². The van der Waals surface area contributed by atoms with Crippen LogP contribution in [0.5, 0.6) is 0 Å². The van der Waals surface area contributed by atoms with E-state index in [1.165, 1.54) is 10.5 Å². The van der Waals surface area contributed by atoms with Gasteiger partial charge in [-0.15, -0.1) is 0 Å². The summed E-state index contributed by atoms with van der Waals surface area (Å²) < 4.78 is 31.7. The molecule has 0 N–H and O–H groups in total. The lowest BCUT2D eigenvalue weighted by Gasteiger charge is -2.37. The Bertz CT molecular complexity index is 584. The van der Waals surface area contributed by atoms with Gasteiger partial charge in [-0.3, -0.25) is 4.68 Å². The van der Waals surface area contributed by atoms with Crippen LogP contribution in [-0.2, 0) is 10.0 Å². The maximum atomic E-state index is 12.0. The summed E-state index contributed by atoms with van der Waals surface area (Å²) in [5.41, 5.74) is 0. The van der Waals surface area contributed by atoms with E-state index in [-0.39, 0.29) is 10.9 Å². The highest BCUT2D eigenvalue weighted by atomic mass is 32.2. The number of hydrogen-bond donors (Lipinski definition) is 0. The number of aromatic nitrogens is 3. The van der Waals surface area contributed by atoms with E-state index in [4.69, 9.17) is 0 Å². The Kier molecular flexibility index (Phi) is 2.26. The molecule has 1 aliphatic rings. The Balaban J connectivity index is 1.74. The molecule has 2 aromatic heterocycles. The van der Waals surface area contributed by atoms with Crippen LogP contribution in [0.4, 0.5) is 0 Å². The molecule has 0 saturated carbocycles. The summed E-state index contributed by atoms with van der Waals surface area (Å²) in [6.07, 6.45) is 5.85. The SMILES string of the molecule is O=S(=O)(c1cnoc1)N1CC(n2cccn2)C1. The van der Waals surface area contributed by atoms with Gasteiger partial charge in [-0.1, -0.05) is 5.16 Å². The first-order chi connectivity index (χ1) is 8.18. The third-order valence-corrected chi connectivity index (χ3v) is 4.55. The van der Waals surface area contributed by atoms with Gasteiger partial charge < -0.3 is 4.52 Å². The Hall–Kier alpha value is -1.67. The molecular formula is C9H10N4O3S. The second-order valence-corrected chi connectivity index (χ2v) is 5.76. The Morgan fingerprint density at radius 2 is 2.24 bits per heavy atom. The molecule has 1 saturated heterocycles. The van der Waals surface area contributed by atoms with Crippen molar-refractivity contribution in [1.82, 2.24) is 19.2 Å². The van der Waals surface area contributed by atoms with E-state index >= 15 is 0 Å². The average molecular weight is 254 g/mol. The lowest BCUT2D eigenvalue weighted by atomic mass is 10.2. The van der Waals surface area contributed by atoms with E-state index in [0.29, 0.717) is 13.1 Å². The van der Waals surface area contributed by atoms with Gasteiger partial charge in [-0.25, -0.2) is 8.42 Å². The molecule has 0 aromatic carbocycles. The van der Waals surface area contributed by atoms with E-state index < -0.39 is 10.0 Å². The van der Waals surface area contributed by atoms with Gasteiger partial charge in [0.2, 0.25) is 10.0 Å². The highest BCUT2D eigenvalue weighted by Gasteiger charge is 2.38. The van der Waals surface area contributed by atoms with Crippen LogP contribution in [0.25, 0.3) is 0 Å². The van der Waals surface area contributed by atoms with Crippen molar-refractivity contribution in [2.75, 3.05) is 13.1 Å². The average Bonchev–Trinajstić information content (AvgIpc) is 2.87. The maximum absolute atomic E-state index is 12.0.